The van der Waals surface area contributed by atoms with Crippen molar-refractivity contribution in [2.75, 3.05) is 26.7 Å². The largest absolute Gasteiger partial charge is 0.339 e. The number of benzene rings is 2. The Labute approximate surface area is 210 Å². The molecule has 4 aromatic rings. The molecule has 0 spiro atoms. The fourth-order valence-electron chi connectivity index (χ4n) is 4.58. The average Bonchev–Trinajstić information content (AvgIpc) is 3.62. The zero-order valence-corrected chi connectivity index (χ0v) is 20.4. The van der Waals surface area contributed by atoms with Gasteiger partial charge >= 0.3 is 0 Å². The van der Waals surface area contributed by atoms with Gasteiger partial charge in [-0.05, 0) is 50.1 Å². The zero-order chi connectivity index (χ0) is 23.3. The maximum atomic E-state index is 13.3. The van der Waals surface area contributed by atoms with Crippen molar-refractivity contribution in [2.45, 2.75) is 25.3 Å². The summed E-state index contributed by atoms with van der Waals surface area (Å²) >= 11 is 0. The van der Waals surface area contributed by atoms with Crippen LogP contribution in [0.4, 0.5) is 0 Å². The van der Waals surface area contributed by atoms with Crippen LogP contribution in [0.25, 0.3) is 22.8 Å². The summed E-state index contributed by atoms with van der Waals surface area (Å²) in [5.41, 5.74) is 3.56. The lowest BCUT2D eigenvalue weighted by atomic mass is 9.99. The number of carbonyl (C=O) groups excluding carboxylic acids is 1. The van der Waals surface area contributed by atoms with Crippen molar-refractivity contribution in [3.8, 4) is 22.8 Å². The van der Waals surface area contributed by atoms with E-state index in [9.17, 15) is 4.79 Å². The van der Waals surface area contributed by atoms with E-state index in [1.165, 1.54) is 18.2 Å². The number of carbonyl (C=O) groups is 1. The van der Waals surface area contributed by atoms with Crippen LogP contribution in [0, 0.1) is 0 Å². The molecule has 1 amide bonds. The Morgan fingerprint density at radius 1 is 0.971 bits per heavy atom. The minimum absolute atomic E-state index is 0. The number of hydrogen-bond acceptors (Lipinski definition) is 6. The Morgan fingerprint density at radius 2 is 1.63 bits per heavy atom. The molecule has 0 radical (unpaired) electrons. The van der Waals surface area contributed by atoms with E-state index in [0.717, 1.165) is 50.0 Å². The summed E-state index contributed by atoms with van der Waals surface area (Å²) in [6, 6.07) is 16.7. The minimum atomic E-state index is 0. The van der Waals surface area contributed by atoms with E-state index in [1.54, 1.807) is 0 Å². The standard InChI is InChI=1S/C25H28N8O.ClH/c1-32(12-9-18-5-3-2-4-6-18)20-10-13-33(14-11-20)25(34)19-7-8-21(23-26-16-28-30-23)22(15-19)24-27-17-29-31-24;/h2-8,15-17,20H,9-14H2,1H3,(H,26,28,30)(H,27,29,31);1H. The second kappa shape index (κ2) is 11.2. The summed E-state index contributed by atoms with van der Waals surface area (Å²) in [6.45, 7) is 2.52. The van der Waals surface area contributed by atoms with Crippen LogP contribution in [0.1, 0.15) is 28.8 Å². The van der Waals surface area contributed by atoms with Crippen molar-refractivity contribution in [1.29, 1.82) is 0 Å². The molecule has 35 heavy (non-hydrogen) atoms. The monoisotopic (exact) mass is 492 g/mol. The first-order valence-electron chi connectivity index (χ1n) is 11.6. The van der Waals surface area contributed by atoms with Gasteiger partial charge in [0.2, 0.25) is 0 Å². The molecular weight excluding hydrogens is 464 g/mol. The number of likely N-dealkylation sites (N-methyl/N-ethyl adjacent to an activating group) is 1. The molecule has 10 heteroatoms. The van der Waals surface area contributed by atoms with Crippen LogP contribution in [0.3, 0.4) is 0 Å². The summed E-state index contributed by atoms with van der Waals surface area (Å²) < 4.78 is 0. The van der Waals surface area contributed by atoms with Gasteiger partial charge in [-0.1, -0.05) is 30.3 Å². The third kappa shape index (κ3) is 5.58. The predicted molar refractivity (Wildman–Crippen MR) is 136 cm³/mol. The molecule has 1 aliphatic heterocycles. The van der Waals surface area contributed by atoms with Gasteiger partial charge in [0.05, 0.1) is 0 Å². The molecule has 0 atom stereocenters. The number of likely N-dealkylation sites (tertiary alicyclic amines) is 1. The molecule has 1 aliphatic rings. The highest BCUT2D eigenvalue weighted by Gasteiger charge is 2.26. The van der Waals surface area contributed by atoms with Crippen molar-refractivity contribution >= 4 is 18.3 Å². The second-order valence-electron chi connectivity index (χ2n) is 8.67. The summed E-state index contributed by atoms with van der Waals surface area (Å²) in [4.78, 5) is 26.3. The molecule has 1 saturated heterocycles. The predicted octanol–water partition coefficient (Wildman–Crippen LogP) is 3.46. The first kappa shape index (κ1) is 24.6. The van der Waals surface area contributed by atoms with Gasteiger partial charge in [-0.3, -0.25) is 15.0 Å². The molecule has 2 aromatic heterocycles. The van der Waals surface area contributed by atoms with Crippen LogP contribution in [-0.4, -0.2) is 78.8 Å². The van der Waals surface area contributed by atoms with E-state index in [2.05, 4.69) is 72.6 Å². The first-order valence-corrected chi connectivity index (χ1v) is 11.6. The van der Waals surface area contributed by atoms with Gasteiger partial charge in [0, 0.05) is 42.4 Å². The van der Waals surface area contributed by atoms with E-state index in [0.29, 0.717) is 23.3 Å². The van der Waals surface area contributed by atoms with Gasteiger partial charge in [-0.25, -0.2) is 9.97 Å². The van der Waals surface area contributed by atoms with Gasteiger partial charge < -0.3 is 9.80 Å². The number of piperidine rings is 1. The number of H-pyrrole nitrogens is 2. The molecule has 0 aliphatic carbocycles. The Morgan fingerprint density at radius 3 is 2.26 bits per heavy atom. The van der Waals surface area contributed by atoms with Crippen molar-refractivity contribution < 1.29 is 4.79 Å². The van der Waals surface area contributed by atoms with E-state index in [1.807, 2.05) is 23.1 Å². The number of rotatable bonds is 7. The van der Waals surface area contributed by atoms with E-state index in [4.69, 9.17) is 0 Å². The lowest BCUT2D eigenvalue weighted by Crippen LogP contribution is -2.46. The minimum Gasteiger partial charge on any atom is -0.339 e. The fraction of sp³-hybridized carbons (Fsp3) is 0.320. The SMILES string of the molecule is CN(CCc1ccccc1)C1CCN(C(=O)c2ccc(-c3ncn[nH]3)c(-c3ncn[nH]3)c2)CC1.Cl. The van der Waals surface area contributed by atoms with E-state index >= 15 is 0 Å². The van der Waals surface area contributed by atoms with Crippen LogP contribution >= 0.6 is 12.4 Å². The molecule has 2 N–H and O–H groups in total. The number of nitrogens with one attached hydrogen (secondary N) is 2. The maximum absolute atomic E-state index is 13.3. The van der Waals surface area contributed by atoms with Crippen LogP contribution in [0.5, 0.6) is 0 Å². The molecule has 2 aromatic carbocycles. The lowest BCUT2D eigenvalue weighted by molar-refractivity contribution is 0.0647. The number of hydrogen-bond donors (Lipinski definition) is 2. The highest BCUT2D eigenvalue weighted by molar-refractivity contribution is 5.97. The molecule has 182 valence electrons. The lowest BCUT2D eigenvalue weighted by Gasteiger charge is -2.37. The molecule has 1 fully saturated rings. The molecular formula is C25H29ClN8O. The quantitative estimate of drug-likeness (QED) is 0.409. The van der Waals surface area contributed by atoms with Gasteiger partial charge in [0.15, 0.2) is 11.6 Å². The number of aromatic nitrogens is 6. The maximum Gasteiger partial charge on any atom is 0.253 e. The highest BCUT2D eigenvalue weighted by atomic mass is 35.5. The molecule has 9 nitrogen and oxygen atoms in total. The highest BCUT2D eigenvalue weighted by Crippen LogP contribution is 2.29. The van der Waals surface area contributed by atoms with Crippen LogP contribution < -0.4 is 0 Å². The van der Waals surface area contributed by atoms with Gasteiger partial charge in [0.1, 0.15) is 12.7 Å². The normalized spacial score (nSPS) is 14.2. The van der Waals surface area contributed by atoms with Gasteiger partial charge in [0.25, 0.3) is 5.91 Å². The Bertz CT molecular complexity index is 1210. The summed E-state index contributed by atoms with van der Waals surface area (Å²) in [6.07, 6.45) is 5.90. The third-order valence-electron chi connectivity index (χ3n) is 6.58. The fourth-order valence-corrected chi connectivity index (χ4v) is 4.58. The van der Waals surface area contributed by atoms with Crippen LogP contribution in [0.15, 0.2) is 61.2 Å². The molecule has 0 bridgehead atoms. The average molecular weight is 493 g/mol. The molecule has 0 unspecified atom stereocenters. The Kier molecular flexibility index (Phi) is 7.89. The van der Waals surface area contributed by atoms with Crippen LogP contribution in [0.2, 0.25) is 0 Å². The molecule has 3 heterocycles. The summed E-state index contributed by atoms with van der Waals surface area (Å²) in [5, 5.41) is 13.7. The number of halogens is 1. The number of nitrogens with zero attached hydrogens (tertiary/aromatic N) is 6. The third-order valence-corrected chi connectivity index (χ3v) is 6.58. The Balaban J connectivity index is 0.00000289. The second-order valence-corrected chi connectivity index (χ2v) is 8.67. The zero-order valence-electron chi connectivity index (χ0n) is 19.6. The topological polar surface area (TPSA) is 107 Å². The van der Waals surface area contributed by atoms with Crippen molar-refractivity contribution in [2.24, 2.45) is 0 Å². The number of amides is 1. The van der Waals surface area contributed by atoms with Crippen molar-refractivity contribution in [3.63, 3.8) is 0 Å². The first-order chi connectivity index (χ1) is 16.7. The summed E-state index contributed by atoms with van der Waals surface area (Å²) in [7, 11) is 2.19. The number of aromatic amines is 2. The van der Waals surface area contributed by atoms with Crippen LogP contribution in [-0.2, 0) is 6.42 Å². The van der Waals surface area contributed by atoms with Crippen molar-refractivity contribution in [3.05, 3.63) is 72.3 Å². The van der Waals surface area contributed by atoms with Crippen molar-refractivity contribution in [1.82, 2.24) is 40.2 Å². The smallest absolute Gasteiger partial charge is 0.253 e. The van der Waals surface area contributed by atoms with Gasteiger partial charge in [-0.15, -0.1) is 12.4 Å². The van der Waals surface area contributed by atoms with E-state index < -0.39 is 0 Å². The molecule has 0 saturated carbocycles. The summed E-state index contributed by atoms with van der Waals surface area (Å²) in [5.74, 6) is 1.24. The Hall–Kier alpha value is -3.56. The van der Waals surface area contributed by atoms with Gasteiger partial charge in [-0.2, -0.15) is 10.2 Å². The van der Waals surface area contributed by atoms with E-state index in [-0.39, 0.29) is 18.3 Å². The molecule has 5 rings (SSSR count).